The molecular weight excluding hydrogens is 527 g/mol. The van der Waals surface area contributed by atoms with Crippen LogP contribution in [0.4, 0.5) is 11.4 Å². The summed E-state index contributed by atoms with van der Waals surface area (Å²) in [5.41, 5.74) is 14.0. The first-order valence-corrected chi connectivity index (χ1v) is 15.4. The summed E-state index contributed by atoms with van der Waals surface area (Å²) in [5.74, 6) is 0. The van der Waals surface area contributed by atoms with Crippen molar-refractivity contribution in [1.29, 1.82) is 0 Å². The van der Waals surface area contributed by atoms with Crippen LogP contribution in [0.25, 0.3) is 58.8 Å². The van der Waals surface area contributed by atoms with E-state index in [2.05, 4.69) is 139 Å². The van der Waals surface area contributed by atoms with Gasteiger partial charge in [-0.05, 0) is 72.4 Å². The Kier molecular flexibility index (Phi) is 5.03. The van der Waals surface area contributed by atoms with Gasteiger partial charge in [0.1, 0.15) is 0 Å². The van der Waals surface area contributed by atoms with Gasteiger partial charge in [0.05, 0.1) is 5.52 Å². The number of fused-ring (bicyclic) bond motifs is 8. The summed E-state index contributed by atoms with van der Waals surface area (Å²) in [4.78, 5) is 0. The van der Waals surface area contributed by atoms with E-state index in [0.29, 0.717) is 0 Å². The molecule has 0 aliphatic carbocycles. The van der Waals surface area contributed by atoms with Crippen LogP contribution in [0.3, 0.4) is 0 Å². The summed E-state index contributed by atoms with van der Waals surface area (Å²) < 4.78 is 5.16. The summed E-state index contributed by atoms with van der Waals surface area (Å²) in [6.07, 6.45) is 0. The normalized spacial score (nSPS) is 12.2. The van der Waals surface area contributed by atoms with Crippen LogP contribution in [0.1, 0.15) is 11.1 Å². The van der Waals surface area contributed by atoms with Gasteiger partial charge in [-0.2, -0.15) is 0 Å². The van der Waals surface area contributed by atoms with Crippen molar-refractivity contribution < 1.29 is 0 Å². The van der Waals surface area contributed by atoms with Crippen LogP contribution < -0.4 is 16.2 Å². The highest BCUT2D eigenvalue weighted by molar-refractivity contribution is 7.25. The first-order valence-electron chi connectivity index (χ1n) is 14.6. The van der Waals surface area contributed by atoms with Gasteiger partial charge in [0, 0.05) is 59.1 Å². The van der Waals surface area contributed by atoms with Crippen molar-refractivity contribution in [3.8, 4) is 16.8 Å². The zero-order chi connectivity index (χ0) is 27.9. The predicted molar refractivity (Wildman–Crippen MR) is 185 cm³/mol. The molecule has 0 bridgehead atoms. The maximum Gasteiger partial charge on any atom is 0.198 e. The highest BCUT2D eigenvalue weighted by Crippen LogP contribution is 2.42. The molecule has 0 spiro atoms. The van der Waals surface area contributed by atoms with E-state index >= 15 is 0 Å². The number of nitrogens with one attached hydrogen (secondary N) is 1. The molecule has 9 rings (SSSR count). The quantitative estimate of drug-likeness (QED) is 0.216. The second-order valence-corrected chi connectivity index (χ2v) is 12.7. The van der Waals surface area contributed by atoms with Gasteiger partial charge in [-0.25, -0.2) is 0 Å². The minimum atomic E-state index is 0.910. The van der Waals surface area contributed by atoms with Crippen LogP contribution in [0.5, 0.6) is 0 Å². The molecule has 0 unspecified atom stereocenters. The Morgan fingerprint density at radius 2 is 1.40 bits per heavy atom. The molecule has 0 amide bonds. The minimum Gasteiger partial charge on any atom is -0.355 e. The van der Waals surface area contributed by atoms with Crippen molar-refractivity contribution in [2.45, 2.75) is 13.8 Å². The van der Waals surface area contributed by atoms with Gasteiger partial charge in [0.2, 0.25) is 0 Å². The van der Waals surface area contributed by atoms with E-state index in [1.54, 1.807) is 0 Å². The Hall–Kier alpha value is -4.80. The molecule has 0 saturated heterocycles. The van der Waals surface area contributed by atoms with Crippen molar-refractivity contribution in [2.75, 3.05) is 5.32 Å². The highest BCUT2D eigenvalue weighted by Gasteiger charge is 2.26. The summed E-state index contributed by atoms with van der Waals surface area (Å²) in [7, 11) is 0.910. The Morgan fingerprint density at radius 1 is 0.619 bits per heavy atom. The molecule has 2 aromatic heterocycles. The van der Waals surface area contributed by atoms with Gasteiger partial charge in [-0.3, -0.25) is 0 Å². The summed E-state index contributed by atoms with van der Waals surface area (Å²) in [6, 6.07) is 42.6. The fraction of sp³-hybridized carbons (Fsp3) is 0.0526. The molecule has 4 heteroatoms. The topological polar surface area (TPSA) is 17.0 Å². The van der Waals surface area contributed by atoms with Gasteiger partial charge in [-0.1, -0.05) is 84.3 Å². The molecule has 1 aliphatic heterocycles. The van der Waals surface area contributed by atoms with Crippen molar-refractivity contribution in [2.24, 2.45) is 0 Å². The number of nitrogens with zero attached hydrogens (tertiary/aromatic N) is 1. The lowest BCUT2D eigenvalue weighted by Gasteiger charge is -2.25. The number of thiophene rings is 1. The third-order valence-electron chi connectivity index (χ3n) is 8.98. The highest BCUT2D eigenvalue weighted by atomic mass is 32.1. The molecule has 198 valence electrons. The number of hydrogen-bond acceptors (Lipinski definition) is 2. The molecule has 0 saturated carbocycles. The van der Waals surface area contributed by atoms with E-state index in [1.165, 1.54) is 80.8 Å². The molecule has 0 radical (unpaired) electrons. The third-order valence-corrected chi connectivity index (χ3v) is 10.1. The lowest BCUT2D eigenvalue weighted by molar-refractivity contribution is 1.18. The fourth-order valence-electron chi connectivity index (χ4n) is 7.05. The minimum absolute atomic E-state index is 0.910. The van der Waals surface area contributed by atoms with E-state index in [-0.39, 0.29) is 0 Å². The summed E-state index contributed by atoms with van der Waals surface area (Å²) in [5, 5.41) is 9.15. The average Bonchev–Trinajstić information content (AvgIpc) is 3.55. The van der Waals surface area contributed by atoms with Crippen LogP contribution >= 0.6 is 11.3 Å². The van der Waals surface area contributed by atoms with E-state index < -0.39 is 0 Å². The van der Waals surface area contributed by atoms with Crippen LogP contribution in [-0.4, -0.2) is 11.8 Å². The van der Waals surface area contributed by atoms with E-state index in [1.807, 2.05) is 11.3 Å². The second-order valence-electron chi connectivity index (χ2n) is 11.6. The zero-order valence-electron chi connectivity index (χ0n) is 23.5. The van der Waals surface area contributed by atoms with Gasteiger partial charge in [0.15, 0.2) is 7.28 Å². The molecule has 42 heavy (non-hydrogen) atoms. The van der Waals surface area contributed by atoms with Gasteiger partial charge in [-0.15, -0.1) is 11.3 Å². The number of rotatable bonds is 3. The smallest absolute Gasteiger partial charge is 0.198 e. The van der Waals surface area contributed by atoms with Crippen molar-refractivity contribution in [1.82, 2.24) is 4.57 Å². The van der Waals surface area contributed by atoms with Gasteiger partial charge < -0.3 is 9.88 Å². The molecule has 6 aromatic carbocycles. The van der Waals surface area contributed by atoms with Gasteiger partial charge in [0.25, 0.3) is 0 Å². The standard InChI is InChI=1S/C38H27BN2S/c1-22-18-29(37-34(19-22)41-33-16-7-4-11-24(33)26-13-9-14-30(39-37)38(26)41)27-21-36-28(25-12-5-8-17-35(25)42-36)20-32(27)40-31-15-6-3-10-23(31)2/h3-21,39-40H,1-2H3. The molecule has 0 fully saturated rings. The molecule has 2 nitrogen and oxygen atoms in total. The summed E-state index contributed by atoms with van der Waals surface area (Å²) in [6.45, 7) is 4.41. The number of benzene rings is 6. The maximum atomic E-state index is 3.87. The molecule has 0 atom stereocenters. The average molecular weight is 555 g/mol. The van der Waals surface area contributed by atoms with Gasteiger partial charge >= 0.3 is 0 Å². The third kappa shape index (κ3) is 3.39. The number of aromatic nitrogens is 1. The molecule has 1 aliphatic rings. The fourth-order valence-corrected chi connectivity index (χ4v) is 8.18. The maximum absolute atomic E-state index is 3.87. The second kappa shape index (κ2) is 8.85. The van der Waals surface area contributed by atoms with Crippen LogP contribution in [0.2, 0.25) is 0 Å². The Labute approximate surface area is 249 Å². The Bertz CT molecular complexity index is 2390. The van der Waals surface area contributed by atoms with E-state index in [0.717, 1.165) is 18.7 Å². The zero-order valence-corrected chi connectivity index (χ0v) is 24.3. The van der Waals surface area contributed by atoms with Crippen molar-refractivity contribution in [3.63, 3.8) is 0 Å². The predicted octanol–water partition coefficient (Wildman–Crippen LogP) is 8.88. The van der Waals surface area contributed by atoms with Crippen LogP contribution in [-0.2, 0) is 0 Å². The van der Waals surface area contributed by atoms with E-state index in [4.69, 9.17) is 0 Å². The molecule has 1 N–H and O–H groups in total. The lowest BCUT2D eigenvalue weighted by Crippen LogP contribution is -2.37. The molecule has 3 heterocycles. The van der Waals surface area contributed by atoms with Crippen LogP contribution in [0, 0.1) is 13.8 Å². The van der Waals surface area contributed by atoms with Crippen LogP contribution in [0.15, 0.2) is 115 Å². The number of para-hydroxylation sites is 3. The molecule has 8 aromatic rings. The van der Waals surface area contributed by atoms with Crippen molar-refractivity contribution >= 4 is 82.9 Å². The Balaban J connectivity index is 1.36. The summed E-state index contributed by atoms with van der Waals surface area (Å²) >= 11 is 1.88. The lowest BCUT2D eigenvalue weighted by atomic mass is 9.59. The SMILES string of the molecule is Cc1cc(-c2cc3sc4ccccc4c3cc2Nc2ccccc2C)c2c(c1)-n1c3ccccc3c3cccc(c31)B2. The number of aryl methyl sites for hydroxylation is 2. The molecular formula is C38H27BN2S. The number of hydrogen-bond donors (Lipinski definition) is 1. The monoisotopic (exact) mass is 554 g/mol. The largest absolute Gasteiger partial charge is 0.355 e. The first kappa shape index (κ1) is 23.9. The number of anilines is 2. The first-order chi connectivity index (χ1) is 20.6. The Morgan fingerprint density at radius 3 is 2.31 bits per heavy atom. The van der Waals surface area contributed by atoms with Crippen molar-refractivity contribution in [3.05, 3.63) is 126 Å². The van der Waals surface area contributed by atoms with E-state index in [9.17, 15) is 0 Å².